The molecule has 0 saturated heterocycles. The molecule has 2 saturated carbocycles. The molecule has 0 unspecified atom stereocenters. The number of halogens is 4. The summed E-state index contributed by atoms with van der Waals surface area (Å²) in [7, 11) is -3.13. The first-order valence-electron chi connectivity index (χ1n) is 14.0. The van der Waals surface area contributed by atoms with Crippen LogP contribution in [0.3, 0.4) is 0 Å². The minimum absolute atomic E-state index is 0.0530. The summed E-state index contributed by atoms with van der Waals surface area (Å²) in [5.41, 5.74) is -5.90. The Bertz CT molecular complexity index is 1540. The highest BCUT2D eigenvalue weighted by Gasteiger charge is 2.47. The number of amides is 2. The minimum atomic E-state index is -5.67. The molecule has 0 heterocycles. The quantitative estimate of drug-likeness (QED) is 0.269. The first kappa shape index (κ1) is 34.0. The number of alkyl halides is 3. The van der Waals surface area contributed by atoms with Crippen molar-refractivity contribution in [2.45, 2.75) is 67.2 Å². The Morgan fingerprint density at radius 1 is 0.978 bits per heavy atom. The molecule has 11 nitrogen and oxygen atoms in total. The van der Waals surface area contributed by atoms with E-state index in [1.165, 1.54) is 20.3 Å². The van der Waals surface area contributed by atoms with Crippen molar-refractivity contribution >= 4 is 33.3 Å². The Morgan fingerprint density at radius 3 is 2.29 bits per heavy atom. The van der Waals surface area contributed by atoms with Crippen LogP contribution >= 0.6 is 0 Å². The van der Waals surface area contributed by atoms with Gasteiger partial charge in [0.2, 0.25) is 5.91 Å². The summed E-state index contributed by atoms with van der Waals surface area (Å²) in [6.45, 7) is 0. The number of methoxy groups -OCH3 is 2. The molecule has 16 heteroatoms. The standard InChI is InChI=1S/C29H32F4N2O9S/c1-42-24-14-22(30)25(44-18-8-6-15(7-9-18)28(39)43-2)13-21(24)27(38)35-23-12-17(36)11-20(23)26(37)34-16-4-3-5-19(10-16)45(40,41)29(31,32)33/h3-5,10,13-15,17-18,20,23,36H,6-9,11-12H2,1-2H3,(H,34,37)(H,35,38)/t15?,17-,18?,20+,23-/m1/s1. The normalized spacial score (nSPS) is 23.6. The highest BCUT2D eigenvalue weighted by molar-refractivity contribution is 7.92. The highest BCUT2D eigenvalue weighted by Crippen LogP contribution is 2.35. The molecule has 0 aliphatic heterocycles. The molecular weight excluding hydrogens is 628 g/mol. The second-order valence-corrected chi connectivity index (χ2v) is 12.8. The molecule has 2 aromatic rings. The average Bonchev–Trinajstić information content (AvgIpc) is 3.37. The Hall–Kier alpha value is -3.92. The van der Waals surface area contributed by atoms with E-state index in [-0.39, 0.29) is 47.5 Å². The van der Waals surface area contributed by atoms with Gasteiger partial charge in [0.25, 0.3) is 15.7 Å². The molecule has 2 aliphatic carbocycles. The fourth-order valence-electron chi connectivity index (χ4n) is 5.55. The second-order valence-electron chi connectivity index (χ2n) is 10.9. The molecule has 45 heavy (non-hydrogen) atoms. The molecule has 246 valence electrons. The zero-order valence-electron chi connectivity index (χ0n) is 24.2. The molecule has 0 spiro atoms. The summed E-state index contributed by atoms with van der Waals surface area (Å²) in [6, 6.07) is 4.79. The first-order valence-corrected chi connectivity index (χ1v) is 15.5. The van der Waals surface area contributed by atoms with Gasteiger partial charge in [0.1, 0.15) is 5.75 Å². The molecule has 0 radical (unpaired) electrons. The van der Waals surface area contributed by atoms with Crippen LogP contribution in [0.25, 0.3) is 0 Å². The van der Waals surface area contributed by atoms with Crippen LogP contribution in [0.5, 0.6) is 11.5 Å². The number of aliphatic hydroxyl groups is 1. The van der Waals surface area contributed by atoms with E-state index in [1.807, 2.05) is 0 Å². The third-order valence-electron chi connectivity index (χ3n) is 7.91. The third kappa shape index (κ3) is 7.66. The van der Waals surface area contributed by atoms with Gasteiger partial charge in [0, 0.05) is 17.8 Å². The van der Waals surface area contributed by atoms with Crippen molar-refractivity contribution in [3.63, 3.8) is 0 Å². The molecule has 2 aliphatic rings. The van der Waals surface area contributed by atoms with Gasteiger partial charge in [-0.3, -0.25) is 14.4 Å². The zero-order valence-corrected chi connectivity index (χ0v) is 25.0. The largest absolute Gasteiger partial charge is 0.501 e. The summed E-state index contributed by atoms with van der Waals surface area (Å²) in [5.74, 6) is -4.36. The minimum Gasteiger partial charge on any atom is -0.496 e. The van der Waals surface area contributed by atoms with Crippen LogP contribution in [0.1, 0.15) is 48.9 Å². The van der Waals surface area contributed by atoms with Gasteiger partial charge in [-0.2, -0.15) is 13.2 Å². The number of carbonyl (C=O) groups is 3. The van der Waals surface area contributed by atoms with E-state index in [9.17, 15) is 45.5 Å². The summed E-state index contributed by atoms with van der Waals surface area (Å²) < 4.78 is 93.2. The van der Waals surface area contributed by atoms with Crippen molar-refractivity contribution in [2.75, 3.05) is 19.5 Å². The number of carbonyl (C=O) groups excluding carboxylic acids is 3. The number of esters is 1. The molecule has 0 bridgehead atoms. The summed E-state index contributed by atoms with van der Waals surface area (Å²) in [5, 5.41) is 15.3. The van der Waals surface area contributed by atoms with Crippen molar-refractivity contribution < 1.29 is 59.7 Å². The van der Waals surface area contributed by atoms with Crippen LogP contribution in [0, 0.1) is 17.7 Å². The molecule has 2 aromatic carbocycles. The topological polar surface area (TPSA) is 157 Å². The number of hydrogen-bond donors (Lipinski definition) is 3. The third-order valence-corrected chi connectivity index (χ3v) is 9.39. The second kappa shape index (κ2) is 13.6. The van der Waals surface area contributed by atoms with Gasteiger partial charge in [-0.1, -0.05) is 6.07 Å². The van der Waals surface area contributed by atoms with E-state index in [0.29, 0.717) is 31.7 Å². The van der Waals surface area contributed by atoms with E-state index in [0.717, 1.165) is 24.3 Å². The zero-order chi connectivity index (χ0) is 33.1. The lowest BCUT2D eigenvalue weighted by Gasteiger charge is -2.28. The fourth-order valence-corrected chi connectivity index (χ4v) is 6.36. The van der Waals surface area contributed by atoms with Gasteiger partial charge in [-0.25, -0.2) is 12.8 Å². The smallest absolute Gasteiger partial charge is 0.496 e. The van der Waals surface area contributed by atoms with Crippen LogP contribution in [-0.2, 0) is 24.2 Å². The van der Waals surface area contributed by atoms with E-state index in [4.69, 9.17) is 14.2 Å². The molecule has 0 aromatic heterocycles. The molecule has 2 fully saturated rings. The monoisotopic (exact) mass is 660 g/mol. The Morgan fingerprint density at radius 2 is 1.67 bits per heavy atom. The van der Waals surface area contributed by atoms with Crippen molar-refractivity contribution in [3.05, 3.63) is 47.8 Å². The van der Waals surface area contributed by atoms with E-state index in [2.05, 4.69) is 10.6 Å². The van der Waals surface area contributed by atoms with Crippen LogP contribution in [0.2, 0.25) is 0 Å². The first-order chi connectivity index (χ1) is 21.1. The van der Waals surface area contributed by atoms with Gasteiger partial charge in [0.15, 0.2) is 11.6 Å². The van der Waals surface area contributed by atoms with Crippen molar-refractivity contribution in [1.29, 1.82) is 0 Å². The Labute approximate surface area is 256 Å². The van der Waals surface area contributed by atoms with E-state index >= 15 is 0 Å². The Balaban J connectivity index is 1.47. The molecule has 3 atom stereocenters. The maximum absolute atomic E-state index is 14.9. The van der Waals surface area contributed by atoms with Crippen LogP contribution in [-0.4, -0.2) is 69.3 Å². The van der Waals surface area contributed by atoms with Gasteiger partial charge in [0.05, 0.1) is 48.7 Å². The SMILES string of the molecule is COC(=O)C1CCC(Oc2cc(C(=O)N[C@@H]3C[C@H](O)C[C@@H]3C(=O)Nc3cccc(S(=O)(=O)C(F)(F)F)c3)c(OC)cc2F)CC1. The predicted molar refractivity (Wildman–Crippen MR) is 150 cm³/mol. The highest BCUT2D eigenvalue weighted by atomic mass is 32.2. The van der Waals surface area contributed by atoms with Crippen LogP contribution in [0.15, 0.2) is 41.3 Å². The lowest BCUT2D eigenvalue weighted by molar-refractivity contribution is -0.147. The van der Waals surface area contributed by atoms with Gasteiger partial charge in [-0.05, 0) is 62.8 Å². The van der Waals surface area contributed by atoms with Crippen LogP contribution < -0.4 is 20.1 Å². The number of benzene rings is 2. The average molecular weight is 661 g/mol. The van der Waals surface area contributed by atoms with Gasteiger partial charge >= 0.3 is 11.5 Å². The van der Waals surface area contributed by atoms with Crippen molar-refractivity contribution in [1.82, 2.24) is 5.32 Å². The lowest BCUT2D eigenvalue weighted by atomic mass is 9.87. The van der Waals surface area contributed by atoms with Crippen molar-refractivity contribution in [3.8, 4) is 11.5 Å². The van der Waals surface area contributed by atoms with Gasteiger partial charge < -0.3 is 30.0 Å². The number of aliphatic hydroxyl groups excluding tert-OH is 1. The van der Waals surface area contributed by atoms with Gasteiger partial charge in [-0.15, -0.1) is 0 Å². The number of ether oxygens (including phenoxy) is 3. The fraction of sp³-hybridized carbons (Fsp3) is 0.483. The molecular formula is C29H32F4N2O9S. The van der Waals surface area contributed by atoms with E-state index < -0.39 is 62.0 Å². The number of nitrogens with one attached hydrogen (secondary N) is 2. The number of rotatable bonds is 9. The predicted octanol–water partition coefficient (Wildman–Crippen LogP) is 3.75. The number of hydrogen-bond acceptors (Lipinski definition) is 9. The Kier molecular flexibility index (Phi) is 10.3. The van der Waals surface area contributed by atoms with Crippen molar-refractivity contribution in [2.24, 2.45) is 11.8 Å². The summed E-state index contributed by atoms with van der Waals surface area (Å²) >= 11 is 0. The summed E-state index contributed by atoms with van der Waals surface area (Å²) in [4.78, 5) is 37.2. The molecule has 3 N–H and O–H groups in total. The molecule has 2 amide bonds. The maximum Gasteiger partial charge on any atom is 0.501 e. The number of sulfone groups is 1. The molecule has 4 rings (SSSR count). The maximum atomic E-state index is 14.9. The van der Waals surface area contributed by atoms with Crippen LogP contribution in [0.4, 0.5) is 23.2 Å². The lowest BCUT2D eigenvalue weighted by Crippen LogP contribution is -2.42. The summed E-state index contributed by atoms with van der Waals surface area (Å²) in [6.07, 6.45) is 0.271. The van der Waals surface area contributed by atoms with E-state index in [1.54, 1.807) is 0 Å². The number of anilines is 1.